The monoisotopic (exact) mass is 432 g/mol. The van der Waals surface area contributed by atoms with Crippen molar-refractivity contribution in [2.45, 2.75) is 26.8 Å². The highest BCUT2D eigenvalue weighted by Gasteiger charge is 2.47. The number of hydrogen-bond acceptors (Lipinski definition) is 4. The van der Waals surface area contributed by atoms with Crippen LogP contribution in [0.15, 0.2) is 66.4 Å². The average molecular weight is 433 g/mol. The van der Waals surface area contributed by atoms with Crippen LogP contribution in [-0.2, 0) is 9.59 Å². The fraction of sp³-hybridized carbons (Fsp3) is 0.160. The number of ketones is 1. The predicted molar refractivity (Wildman–Crippen MR) is 121 cm³/mol. The van der Waals surface area contributed by atoms with Gasteiger partial charge in [-0.15, -0.1) is 0 Å². The molecule has 1 N–H and O–H groups in total. The lowest BCUT2D eigenvalue weighted by molar-refractivity contribution is -0.132. The third-order valence-corrected chi connectivity index (χ3v) is 5.90. The summed E-state index contributed by atoms with van der Waals surface area (Å²) in [6, 6.07) is 15.2. The van der Waals surface area contributed by atoms with E-state index in [1.165, 1.54) is 4.90 Å². The van der Waals surface area contributed by atoms with Gasteiger partial charge >= 0.3 is 0 Å². The van der Waals surface area contributed by atoms with E-state index in [-0.39, 0.29) is 11.3 Å². The summed E-state index contributed by atoms with van der Waals surface area (Å²) in [6.45, 7) is 5.61. The maximum absolute atomic E-state index is 13.2. The standard InChI is InChI=1S/C25H21ClN2O3/c1-14-7-8-15(2)18(12-14)23(29)21-22(20-6-4-5-11-27-20)28(25(31)24(21)30)17-10-9-16(3)19(26)13-17/h4-13,22,29H,1-3H3/b23-21+. The van der Waals surface area contributed by atoms with Crippen LogP contribution < -0.4 is 4.90 Å². The summed E-state index contributed by atoms with van der Waals surface area (Å²) in [5.41, 5.74) is 4.05. The number of carbonyl (C=O) groups is 2. The van der Waals surface area contributed by atoms with Gasteiger partial charge in [-0.2, -0.15) is 0 Å². The number of amides is 1. The van der Waals surface area contributed by atoms with Crippen LogP contribution in [0.1, 0.15) is 34.0 Å². The number of halogens is 1. The Kier molecular flexibility index (Phi) is 5.38. The minimum absolute atomic E-state index is 0.00842. The molecule has 0 aliphatic carbocycles. The molecule has 1 saturated heterocycles. The highest BCUT2D eigenvalue weighted by Crippen LogP contribution is 2.42. The molecule has 5 nitrogen and oxygen atoms in total. The van der Waals surface area contributed by atoms with E-state index in [4.69, 9.17) is 11.6 Å². The second-order valence-electron chi connectivity index (χ2n) is 7.68. The topological polar surface area (TPSA) is 70.5 Å². The fourth-order valence-electron chi connectivity index (χ4n) is 3.78. The minimum Gasteiger partial charge on any atom is -0.507 e. The number of rotatable bonds is 3. The molecular formula is C25H21ClN2O3. The second-order valence-corrected chi connectivity index (χ2v) is 8.08. The van der Waals surface area contributed by atoms with Gasteiger partial charge in [0.15, 0.2) is 0 Å². The molecule has 0 spiro atoms. The lowest BCUT2D eigenvalue weighted by atomic mass is 9.95. The molecule has 0 saturated carbocycles. The number of pyridine rings is 1. The smallest absolute Gasteiger partial charge is 0.300 e. The Bertz CT molecular complexity index is 1230. The Morgan fingerprint density at radius 1 is 1.00 bits per heavy atom. The molecule has 4 rings (SSSR count). The number of carbonyl (C=O) groups excluding carboxylic acids is 2. The number of nitrogens with zero attached hydrogens (tertiary/aromatic N) is 2. The Balaban J connectivity index is 1.98. The van der Waals surface area contributed by atoms with Crippen LogP contribution in [-0.4, -0.2) is 21.8 Å². The highest BCUT2D eigenvalue weighted by molar-refractivity contribution is 6.51. The van der Waals surface area contributed by atoms with Crippen LogP contribution in [0.5, 0.6) is 0 Å². The summed E-state index contributed by atoms with van der Waals surface area (Å²) in [7, 11) is 0. The maximum atomic E-state index is 13.2. The first-order valence-corrected chi connectivity index (χ1v) is 10.2. The molecule has 1 aliphatic heterocycles. The van der Waals surface area contributed by atoms with Crippen molar-refractivity contribution in [3.63, 3.8) is 0 Å². The van der Waals surface area contributed by atoms with Crippen molar-refractivity contribution >= 4 is 34.7 Å². The molecule has 6 heteroatoms. The Hall–Kier alpha value is -3.44. The fourth-order valence-corrected chi connectivity index (χ4v) is 3.96. The van der Waals surface area contributed by atoms with Gasteiger partial charge in [-0.05, 0) is 62.2 Å². The van der Waals surface area contributed by atoms with E-state index in [9.17, 15) is 14.7 Å². The quantitative estimate of drug-likeness (QED) is 0.347. The number of anilines is 1. The first kappa shape index (κ1) is 20.8. The number of aliphatic hydroxyl groups is 1. The Morgan fingerprint density at radius 2 is 1.74 bits per heavy atom. The number of aryl methyl sites for hydroxylation is 3. The molecule has 1 aromatic heterocycles. The molecule has 2 aromatic carbocycles. The first-order chi connectivity index (χ1) is 14.8. The summed E-state index contributed by atoms with van der Waals surface area (Å²) in [4.78, 5) is 32.1. The molecule has 0 bridgehead atoms. The molecule has 1 amide bonds. The van der Waals surface area contributed by atoms with Crippen LogP contribution in [0.4, 0.5) is 5.69 Å². The van der Waals surface area contributed by atoms with Gasteiger partial charge in [-0.25, -0.2) is 0 Å². The van der Waals surface area contributed by atoms with Crippen LogP contribution in [0.2, 0.25) is 5.02 Å². The Morgan fingerprint density at radius 3 is 2.42 bits per heavy atom. The largest absolute Gasteiger partial charge is 0.507 e. The average Bonchev–Trinajstić information content (AvgIpc) is 3.03. The van der Waals surface area contributed by atoms with Gasteiger partial charge in [0.1, 0.15) is 11.8 Å². The van der Waals surface area contributed by atoms with E-state index in [1.807, 2.05) is 32.9 Å². The zero-order chi connectivity index (χ0) is 22.3. The molecule has 1 fully saturated rings. The third kappa shape index (κ3) is 3.62. The van der Waals surface area contributed by atoms with Crippen molar-refractivity contribution < 1.29 is 14.7 Å². The minimum atomic E-state index is -0.875. The van der Waals surface area contributed by atoms with Crippen LogP contribution in [0, 0.1) is 20.8 Å². The first-order valence-electron chi connectivity index (χ1n) is 9.85. The molecular weight excluding hydrogens is 412 g/mol. The Labute approximate surface area is 185 Å². The molecule has 3 aromatic rings. The number of aromatic nitrogens is 1. The van der Waals surface area contributed by atoms with E-state index < -0.39 is 17.7 Å². The van der Waals surface area contributed by atoms with Gasteiger partial charge in [-0.3, -0.25) is 19.5 Å². The van der Waals surface area contributed by atoms with Crippen molar-refractivity contribution in [1.29, 1.82) is 0 Å². The molecule has 156 valence electrons. The van der Waals surface area contributed by atoms with E-state index >= 15 is 0 Å². The zero-order valence-corrected chi connectivity index (χ0v) is 18.1. The van der Waals surface area contributed by atoms with Crippen molar-refractivity contribution in [2.24, 2.45) is 0 Å². The van der Waals surface area contributed by atoms with Crippen LogP contribution in [0.3, 0.4) is 0 Å². The lowest BCUT2D eigenvalue weighted by Crippen LogP contribution is -2.29. The SMILES string of the molecule is Cc1ccc(C)c(/C(O)=C2\C(=O)C(=O)N(c3ccc(C)c(Cl)c3)C2c2ccccn2)c1. The van der Waals surface area contributed by atoms with E-state index in [0.717, 1.165) is 16.7 Å². The molecule has 2 heterocycles. The molecule has 31 heavy (non-hydrogen) atoms. The second kappa shape index (κ2) is 8.00. The van der Waals surface area contributed by atoms with E-state index in [2.05, 4.69) is 4.98 Å². The van der Waals surface area contributed by atoms with Gasteiger partial charge in [-0.1, -0.05) is 41.4 Å². The normalized spacial score (nSPS) is 17.9. The van der Waals surface area contributed by atoms with Crippen molar-refractivity contribution in [3.05, 3.63) is 99.3 Å². The van der Waals surface area contributed by atoms with Crippen molar-refractivity contribution in [2.75, 3.05) is 4.90 Å². The molecule has 1 aliphatic rings. The third-order valence-electron chi connectivity index (χ3n) is 5.49. The number of hydrogen-bond donors (Lipinski definition) is 1. The van der Waals surface area contributed by atoms with Crippen LogP contribution >= 0.6 is 11.6 Å². The molecule has 0 radical (unpaired) electrons. The highest BCUT2D eigenvalue weighted by atomic mass is 35.5. The summed E-state index contributed by atoms with van der Waals surface area (Å²) in [5.74, 6) is -1.70. The summed E-state index contributed by atoms with van der Waals surface area (Å²) in [6.07, 6.45) is 1.59. The van der Waals surface area contributed by atoms with Crippen molar-refractivity contribution in [1.82, 2.24) is 4.98 Å². The van der Waals surface area contributed by atoms with Gasteiger partial charge < -0.3 is 5.11 Å². The molecule has 1 unspecified atom stereocenters. The summed E-state index contributed by atoms with van der Waals surface area (Å²) < 4.78 is 0. The van der Waals surface area contributed by atoms with Gasteiger partial charge in [0.2, 0.25) is 0 Å². The number of benzene rings is 2. The maximum Gasteiger partial charge on any atom is 0.300 e. The number of Topliss-reactive ketones (excluding diaryl/α,β-unsaturated/α-hetero) is 1. The summed E-state index contributed by atoms with van der Waals surface area (Å²) >= 11 is 6.30. The van der Waals surface area contributed by atoms with Gasteiger partial charge in [0.25, 0.3) is 11.7 Å². The van der Waals surface area contributed by atoms with Crippen LogP contribution in [0.25, 0.3) is 5.76 Å². The van der Waals surface area contributed by atoms with Gasteiger partial charge in [0, 0.05) is 22.5 Å². The van der Waals surface area contributed by atoms with E-state index in [1.54, 1.807) is 48.7 Å². The van der Waals surface area contributed by atoms with Gasteiger partial charge in [0.05, 0.1) is 11.3 Å². The van der Waals surface area contributed by atoms with E-state index in [0.29, 0.717) is 22.0 Å². The predicted octanol–water partition coefficient (Wildman–Crippen LogP) is 5.29. The summed E-state index contributed by atoms with van der Waals surface area (Å²) in [5, 5.41) is 11.7. The zero-order valence-electron chi connectivity index (χ0n) is 17.4. The number of aliphatic hydroxyl groups excluding tert-OH is 1. The lowest BCUT2D eigenvalue weighted by Gasteiger charge is -2.25. The molecule has 1 atom stereocenters. The van der Waals surface area contributed by atoms with Crippen molar-refractivity contribution in [3.8, 4) is 0 Å².